The van der Waals surface area contributed by atoms with Crippen LogP contribution in [0.1, 0.15) is 19.4 Å². The van der Waals surface area contributed by atoms with Crippen LogP contribution in [-0.2, 0) is 16.8 Å². The van der Waals surface area contributed by atoms with Crippen LogP contribution in [0.2, 0.25) is 0 Å². The van der Waals surface area contributed by atoms with Crippen LogP contribution in [0.15, 0.2) is 84.0 Å². The van der Waals surface area contributed by atoms with Crippen molar-refractivity contribution in [3.8, 4) is 22.5 Å². The fraction of sp³-hybridized carbons (Fsp3) is 0.192. The molecule has 1 aliphatic heterocycles. The molecule has 32 heavy (non-hydrogen) atoms. The predicted octanol–water partition coefficient (Wildman–Crippen LogP) is 5.63. The van der Waals surface area contributed by atoms with Crippen molar-refractivity contribution < 1.29 is 4.79 Å². The van der Waals surface area contributed by atoms with Crippen molar-refractivity contribution in [1.82, 2.24) is 14.8 Å². The van der Waals surface area contributed by atoms with E-state index in [4.69, 9.17) is 0 Å². The Kier molecular flexibility index (Phi) is 5.31. The third kappa shape index (κ3) is 3.82. The van der Waals surface area contributed by atoms with Gasteiger partial charge in [-0.1, -0.05) is 84.6 Å². The number of amides is 1. The van der Waals surface area contributed by atoms with E-state index in [1.165, 1.54) is 17.3 Å². The highest BCUT2D eigenvalue weighted by Gasteiger charge is 2.34. The van der Waals surface area contributed by atoms with Gasteiger partial charge in [0, 0.05) is 22.4 Å². The summed E-state index contributed by atoms with van der Waals surface area (Å²) >= 11 is 1.43. The Bertz CT molecular complexity index is 1280. The molecule has 1 amide bonds. The Morgan fingerprint density at radius 3 is 2.44 bits per heavy atom. The lowest BCUT2D eigenvalue weighted by Gasteiger charge is -2.34. The average Bonchev–Trinajstić information content (AvgIpc) is 3.24. The second-order valence-electron chi connectivity index (χ2n) is 8.54. The van der Waals surface area contributed by atoms with E-state index in [9.17, 15) is 4.79 Å². The molecule has 1 aliphatic rings. The first-order valence-corrected chi connectivity index (χ1v) is 11.6. The van der Waals surface area contributed by atoms with Crippen molar-refractivity contribution in [2.45, 2.75) is 31.0 Å². The molecule has 0 fully saturated rings. The van der Waals surface area contributed by atoms with Gasteiger partial charge in [-0.15, -0.1) is 10.2 Å². The van der Waals surface area contributed by atoms with Crippen LogP contribution in [0.5, 0.6) is 0 Å². The minimum absolute atomic E-state index is 0.0650. The molecule has 0 unspecified atom stereocenters. The number of thioether (sulfide) groups is 1. The number of nitrogens with one attached hydrogen (secondary N) is 1. The van der Waals surface area contributed by atoms with E-state index in [1.54, 1.807) is 0 Å². The van der Waals surface area contributed by atoms with E-state index >= 15 is 0 Å². The fourth-order valence-corrected chi connectivity index (χ4v) is 5.19. The van der Waals surface area contributed by atoms with E-state index in [0.717, 1.165) is 39.8 Å². The highest BCUT2D eigenvalue weighted by molar-refractivity contribution is 7.99. The van der Waals surface area contributed by atoms with Gasteiger partial charge in [0.15, 0.2) is 11.0 Å². The maximum absolute atomic E-state index is 12.8. The van der Waals surface area contributed by atoms with Gasteiger partial charge >= 0.3 is 0 Å². The van der Waals surface area contributed by atoms with Crippen LogP contribution in [0.4, 0.5) is 5.69 Å². The van der Waals surface area contributed by atoms with Gasteiger partial charge in [0.1, 0.15) is 0 Å². The topological polar surface area (TPSA) is 59.8 Å². The normalized spacial score (nSPS) is 13.8. The summed E-state index contributed by atoms with van der Waals surface area (Å²) in [5, 5.41) is 12.7. The Morgan fingerprint density at radius 1 is 0.938 bits per heavy atom. The van der Waals surface area contributed by atoms with Crippen molar-refractivity contribution >= 4 is 23.4 Å². The number of nitrogens with zero attached hydrogens (tertiary/aromatic N) is 3. The number of hydrogen-bond acceptors (Lipinski definition) is 4. The minimum atomic E-state index is -0.161. The summed E-state index contributed by atoms with van der Waals surface area (Å²) in [7, 11) is 0. The molecule has 0 aliphatic carbocycles. The van der Waals surface area contributed by atoms with E-state index in [1.807, 2.05) is 60.7 Å². The molecule has 0 radical (unpaired) electrons. The number of rotatable bonds is 5. The summed E-state index contributed by atoms with van der Waals surface area (Å²) in [5.41, 5.74) is 5.12. The molecule has 2 heterocycles. The lowest BCUT2D eigenvalue weighted by atomic mass is 9.87. The van der Waals surface area contributed by atoms with Gasteiger partial charge in [-0.3, -0.25) is 9.36 Å². The first kappa shape index (κ1) is 20.5. The standard InChI is InChI=1S/C26H24N4OS/c1-26(2)16-19-12-6-7-14-21(19)24-28-29-25(30(24)26)32-17-23(31)27-22-15-9-8-13-20(22)18-10-4-3-5-11-18/h3-15H,16-17H2,1-2H3,(H,27,31). The molecule has 3 aromatic carbocycles. The number of fused-ring (bicyclic) bond motifs is 3. The van der Waals surface area contributed by atoms with Crippen molar-refractivity contribution in [2.75, 3.05) is 11.1 Å². The molecule has 0 saturated carbocycles. The quantitative estimate of drug-likeness (QED) is 0.408. The number of hydrogen-bond donors (Lipinski definition) is 1. The largest absolute Gasteiger partial charge is 0.325 e. The number of carbonyl (C=O) groups excluding carboxylic acids is 1. The van der Waals surface area contributed by atoms with E-state index in [-0.39, 0.29) is 17.2 Å². The Hall–Kier alpha value is -3.38. The zero-order valence-corrected chi connectivity index (χ0v) is 18.9. The predicted molar refractivity (Wildman–Crippen MR) is 130 cm³/mol. The van der Waals surface area contributed by atoms with Crippen molar-refractivity contribution in [1.29, 1.82) is 0 Å². The minimum Gasteiger partial charge on any atom is -0.325 e. The molecule has 4 aromatic rings. The van der Waals surface area contributed by atoms with E-state index in [2.05, 4.69) is 52.1 Å². The lowest BCUT2D eigenvalue weighted by Crippen LogP contribution is -2.33. The Balaban J connectivity index is 1.35. The molecule has 1 N–H and O–H groups in total. The Labute approximate surface area is 191 Å². The molecular weight excluding hydrogens is 416 g/mol. The molecule has 0 bridgehead atoms. The van der Waals surface area contributed by atoms with E-state index in [0.29, 0.717) is 0 Å². The zero-order valence-electron chi connectivity index (χ0n) is 18.1. The van der Waals surface area contributed by atoms with Gasteiger partial charge < -0.3 is 5.32 Å². The third-order valence-electron chi connectivity index (χ3n) is 5.74. The molecule has 0 spiro atoms. The van der Waals surface area contributed by atoms with Crippen LogP contribution in [0.3, 0.4) is 0 Å². The average molecular weight is 441 g/mol. The zero-order chi connectivity index (χ0) is 22.1. The van der Waals surface area contributed by atoms with Crippen molar-refractivity contribution in [3.05, 3.63) is 84.4 Å². The van der Waals surface area contributed by atoms with Crippen molar-refractivity contribution in [2.24, 2.45) is 0 Å². The Morgan fingerprint density at radius 2 is 1.62 bits per heavy atom. The molecule has 1 aromatic heterocycles. The van der Waals surface area contributed by atoms with Crippen LogP contribution in [0, 0.1) is 0 Å². The highest BCUT2D eigenvalue weighted by atomic mass is 32.2. The van der Waals surface area contributed by atoms with Gasteiger partial charge in [0.05, 0.1) is 5.75 Å². The van der Waals surface area contributed by atoms with Gasteiger partial charge in [-0.25, -0.2) is 0 Å². The lowest BCUT2D eigenvalue weighted by molar-refractivity contribution is -0.113. The second-order valence-corrected chi connectivity index (χ2v) is 9.48. The van der Waals surface area contributed by atoms with Crippen LogP contribution < -0.4 is 5.32 Å². The summed E-state index contributed by atoms with van der Waals surface area (Å²) in [5.74, 6) is 1.07. The molecular formula is C26H24N4OS. The van der Waals surface area contributed by atoms with Gasteiger partial charge in [0.2, 0.25) is 5.91 Å². The highest BCUT2D eigenvalue weighted by Crippen LogP contribution is 2.39. The fourth-order valence-electron chi connectivity index (χ4n) is 4.30. The molecule has 0 saturated heterocycles. The summed E-state index contributed by atoms with van der Waals surface area (Å²) < 4.78 is 2.17. The molecule has 160 valence electrons. The first-order chi connectivity index (χ1) is 15.5. The summed E-state index contributed by atoms with van der Waals surface area (Å²) in [6, 6.07) is 26.3. The number of benzene rings is 3. The summed E-state index contributed by atoms with van der Waals surface area (Å²) in [6.45, 7) is 4.38. The number of anilines is 1. The van der Waals surface area contributed by atoms with Gasteiger partial charge in [-0.05, 0) is 37.5 Å². The number of para-hydroxylation sites is 1. The van der Waals surface area contributed by atoms with Gasteiger partial charge in [-0.2, -0.15) is 0 Å². The number of carbonyl (C=O) groups is 1. The molecule has 0 atom stereocenters. The molecule has 6 heteroatoms. The molecule has 5 rings (SSSR count). The maximum Gasteiger partial charge on any atom is 0.234 e. The first-order valence-electron chi connectivity index (χ1n) is 10.6. The number of aromatic nitrogens is 3. The van der Waals surface area contributed by atoms with Crippen LogP contribution in [0.25, 0.3) is 22.5 Å². The van der Waals surface area contributed by atoms with Crippen LogP contribution >= 0.6 is 11.8 Å². The van der Waals surface area contributed by atoms with Gasteiger partial charge in [0.25, 0.3) is 0 Å². The van der Waals surface area contributed by atoms with Crippen LogP contribution in [-0.4, -0.2) is 26.4 Å². The van der Waals surface area contributed by atoms with E-state index < -0.39 is 0 Å². The monoisotopic (exact) mass is 440 g/mol. The smallest absolute Gasteiger partial charge is 0.234 e. The summed E-state index contributed by atoms with van der Waals surface area (Å²) in [4.78, 5) is 12.8. The molecule has 5 nitrogen and oxygen atoms in total. The SMILES string of the molecule is CC1(C)Cc2ccccc2-c2nnc(SCC(=O)Nc3ccccc3-c3ccccc3)n21. The third-order valence-corrected chi connectivity index (χ3v) is 6.67. The maximum atomic E-state index is 12.8. The van der Waals surface area contributed by atoms with Crippen molar-refractivity contribution in [3.63, 3.8) is 0 Å². The second kappa shape index (κ2) is 8.28. The summed E-state index contributed by atoms with van der Waals surface area (Å²) in [6.07, 6.45) is 0.901.